The van der Waals surface area contributed by atoms with Crippen molar-refractivity contribution in [1.82, 2.24) is 19.9 Å². The average molecular weight is 409 g/mol. The molecule has 0 saturated heterocycles. The number of hydrogen-bond donors (Lipinski definition) is 1. The Morgan fingerprint density at radius 2 is 1.84 bits per heavy atom. The van der Waals surface area contributed by atoms with Gasteiger partial charge < -0.3 is 5.32 Å². The molecule has 31 heavy (non-hydrogen) atoms. The Morgan fingerprint density at radius 3 is 2.65 bits per heavy atom. The first-order valence-electron chi connectivity index (χ1n) is 10.1. The molecule has 3 heterocycles. The maximum atomic E-state index is 12.5. The predicted molar refractivity (Wildman–Crippen MR) is 121 cm³/mol. The molecule has 1 atom stereocenters. The number of rotatable bonds is 6. The van der Waals surface area contributed by atoms with Crippen molar-refractivity contribution in [2.75, 3.05) is 5.32 Å². The third-order valence-electron chi connectivity index (χ3n) is 5.01. The Morgan fingerprint density at radius 1 is 0.968 bits per heavy atom. The van der Waals surface area contributed by atoms with Gasteiger partial charge in [-0.25, -0.2) is 4.98 Å². The zero-order valence-corrected chi connectivity index (χ0v) is 17.5. The first kappa shape index (κ1) is 20.3. The van der Waals surface area contributed by atoms with Gasteiger partial charge in [-0.15, -0.1) is 0 Å². The number of amides is 1. The summed E-state index contributed by atoms with van der Waals surface area (Å²) >= 11 is 0. The molecule has 1 N–H and O–H groups in total. The summed E-state index contributed by atoms with van der Waals surface area (Å²) in [7, 11) is 0. The number of pyridine rings is 2. The standard InChI is InChI=1S/C25H23N5O/c1-17-9-21(14-27-12-17)25(31)30-22-7-3-5-19(11-22)18(2)10-23-15-28-16-24(29-23)20-6-4-8-26-13-20/h3-9,11-16,18H,10H2,1-2H3,(H,30,31)/t18-/m1/s1. The van der Waals surface area contributed by atoms with E-state index in [1.807, 2.05) is 43.3 Å². The van der Waals surface area contributed by atoms with E-state index in [2.05, 4.69) is 33.3 Å². The van der Waals surface area contributed by atoms with E-state index in [0.29, 0.717) is 5.56 Å². The lowest BCUT2D eigenvalue weighted by molar-refractivity contribution is 0.102. The minimum atomic E-state index is -0.170. The number of anilines is 1. The molecular formula is C25H23N5O. The summed E-state index contributed by atoms with van der Waals surface area (Å²) in [5, 5.41) is 2.96. The quantitative estimate of drug-likeness (QED) is 0.493. The molecule has 0 aliphatic heterocycles. The number of nitrogens with one attached hydrogen (secondary N) is 1. The molecule has 1 aromatic carbocycles. The second kappa shape index (κ2) is 9.26. The SMILES string of the molecule is Cc1cncc(C(=O)Nc2cccc([C@H](C)Cc3cncc(-c4cccnc4)n3)c2)c1. The molecule has 0 radical (unpaired) electrons. The molecule has 4 rings (SSSR count). The largest absolute Gasteiger partial charge is 0.322 e. The normalized spacial score (nSPS) is 11.7. The van der Waals surface area contributed by atoms with Gasteiger partial charge in [-0.2, -0.15) is 0 Å². The molecule has 0 unspecified atom stereocenters. The van der Waals surface area contributed by atoms with Crippen LogP contribution in [-0.2, 0) is 6.42 Å². The van der Waals surface area contributed by atoms with Gasteiger partial charge in [0.25, 0.3) is 5.91 Å². The molecule has 3 aromatic heterocycles. The summed E-state index contributed by atoms with van der Waals surface area (Å²) in [6, 6.07) is 13.6. The number of aromatic nitrogens is 4. The third-order valence-corrected chi connectivity index (χ3v) is 5.01. The molecule has 0 spiro atoms. The van der Waals surface area contributed by atoms with Gasteiger partial charge in [-0.05, 0) is 60.7 Å². The fourth-order valence-electron chi connectivity index (χ4n) is 3.39. The van der Waals surface area contributed by atoms with E-state index in [1.54, 1.807) is 37.2 Å². The fourth-order valence-corrected chi connectivity index (χ4v) is 3.39. The Balaban J connectivity index is 1.47. The van der Waals surface area contributed by atoms with E-state index in [1.165, 1.54) is 0 Å². The Labute approximate surface area is 181 Å². The van der Waals surface area contributed by atoms with E-state index in [0.717, 1.165) is 40.2 Å². The van der Waals surface area contributed by atoms with E-state index in [-0.39, 0.29) is 11.8 Å². The van der Waals surface area contributed by atoms with Crippen LogP contribution < -0.4 is 5.32 Å². The molecule has 154 valence electrons. The molecule has 0 bridgehead atoms. The molecule has 4 aromatic rings. The minimum Gasteiger partial charge on any atom is -0.322 e. The van der Waals surface area contributed by atoms with Crippen molar-refractivity contribution in [2.45, 2.75) is 26.2 Å². The highest BCUT2D eigenvalue weighted by Crippen LogP contribution is 2.24. The van der Waals surface area contributed by atoms with Crippen molar-refractivity contribution in [3.63, 3.8) is 0 Å². The molecule has 0 aliphatic rings. The highest BCUT2D eigenvalue weighted by molar-refractivity contribution is 6.04. The second-order valence-electron chi connectivity index (χ2n) is 7.57. The second-order valence-corrected chi connectivity index (χ2v) is 7.57. The predicted octanol–water partition coefficient (Wildman–Crippen LogP) is 4.84. The molecule has 1 amide bonds. The molecule has 6 heteroatoms. The first-order valence-corrected chi connectivity index (χ1v) is 10.1. The Bertz CT molecular complexity index is 1190. The van der Waals surface area contributed by atoms with E-state index in [9.17, 15) is 4.79 Å². The van der Waals surface area contributed by atoms with Gasteiger partial charge in [0.15, 0.2) is 0 Å². The van der Waals surface area contributed by atoms with E-state index >= 15 is 0 Å². The maximum Gasteiger partial charge on any atom is 0.257 e. The highest BCUT2D eigenvalue weighted by atomic mass is 16.1. The highest BCUT2D eigenvalue weighted by Gasteiger charge is 2.12. The summed E-state index contributed by atoms with van der Waals surface area (Å²) in [6.07, 6.45) is 11.1. The summed E-state index contributed by atoms with van der Waals surface area (Å²) in [5.41, 5.74) is 6.03. The van der Waals surface area contributed by atoms with E-state index < -0.39 is 0 Å². The van der Waals surface area contributed by atoms with Crippen LogP contribution >= 0.6 is 0 Å². The van der Waals surface area contributed by atoms with Gasteiger partial charge in [-0.1, -0.05) is 19.1 Å². The van der Waals surface area contributed by atoms with Crippen LogP contribution in [0, 0.1) is 6.92 Å². The summed E-state index contributed by atoms with van der Waals surface area (Å²) in [4.78, 5) is 29.9. The van der Waals surface area contributed by atoms with Crippen LogP contribution in [0.4, 0.5) is 5.69 Å². The number of nitrogens with zero attached hydrogens (tertiary/aromatic N) is 4. The van der Waals surface area contributed by atoms with E-state index in [4.69, 9.17) is 4.98 Å². The van der Waals surface area contributed by atoms with Crippen LogP contribution in [0.3, 0.4) is 0 Å². The number of carbonyl (C=O) groups excluding carboxylic acids is 1. The van der Waals surface area contributed by atoms with Crippen molar-refractivity contribution >= 4 is 11.6 Å². The van der Waals surface area contributed by atoms with Gasteiger partial charge in [0.1, 0.15) is 0 Å². The molecular weight excluding hydrogens is 386 g/mol. The van der Waals surface area contributed by atoms with Crippen LogP contribution in [0.15, 0.2) is 79.6 Å². The minimum absolute atomic E-state index is 0.170. The number of carbonyl (C=O) groups is 1. The molecule has 0 fully saturated rings. The molecule has 6 nitrogen and oxygen atoms in total. The summed E-state index contributed by atoms with van der Waals surface area (Å²) < 4.78 is 0. The number of aryl methyl sites for hydroxylation is 1. The molecule has 0 saturated carbocycles. The van der Waals surface area contributed by atoms with Crippen molar-refractivity contribution in [2.24, 2.45) is 0 Å². The van der Waals surface area contributed by atoms with Gasteiger partial charge in [-0.3, -0.25) is 19.7 Å². The molecule has 0 aliphatic carbocycles. The van der Waals surface area contributed by atoms with Gasteiger partial charge >= 0.3 is 0 Å². The fraction of sp³-hybridized carbons (Fsp3) is 0.160. The topological polar surface area (TPSA) is 80.7 Å². The average Bonchev–Trinajstić information content (AvgIpc) is 2.80. The lowest BCUT2D eigenvalue weighted by atomic mass is 9.96. The zero-order chi connectivity index (χ0) is 21.6. The van der Waals surface area contributed by atoms with Gasteiger partial charge in [0.2, 0.25) is 0 Å². The monoisotopic (exact) mass is 409 g/mol. The third kappa shape index (κ3) is 5.17. The van der Waals surface area contributed by atoms with Crippen molar-refractivity contribution in [3.05, 3.63) is 102 Å². The number of benzene rings is 1. The first-order chi connectivity index (χ1) is 15.1. The summed E-state index contributed by atoms with van der Waals surface area (Å²) in [5.74, 6) is 0.0342. The number of hydrogen-bond acceptors (Lipinski definition) is 5. The van der Waals surface area contributed by atoms with Crippen LogP contribution in [0.1, 0.15) is 40.0 Å². The van der Waals surface area contributed by atoms with Crippen LogP contribution in [0.2, 0.25) is 0 Å². The summed E-state index contributed by atoms with van der Waals surface area (Å²) in [6.45, 7) is 4.06. The van der Waals surface area contributed by atoms with Crippen LogP contribution in [-0.4, -0.2) is 25.8 Å². The van der Waals surface area contributed by atoms with Crippen molar-refractivity contribution in [3.8, 4) is 11.3 Å². The lowest BCUT2D eigenvalue weighted by Crippen LogP contribution is -2.12. The maximum absolute atomic E-state index is 12.5. The zero-order valence-electron chi connectivity index (χ0n) is 17.5. The Kier molecular flexibility index (Phi) is 6.08. The van der Waals surface area contributed by atoms with Crippen LogP contribution in [0.25, 0.3) is 11.3 Å². The van der Waals surface area contributed by atoms with Crippen LogP contribution in [0.5, 0.6) is 0 Å². The lowest BCUT2D eigenvalue weighted by Gasteiger charge is -2.14. The van der Waals surface area contributed by atoms with Gasteiger partial charge in [0, 0.05) is 42.2 Å². The van der Waals surface area contributed by atoms with Gasteiger partial charge in [0.05, 0.1) is 23.1 Å². The smallest absolute Gasteiger partial charge is 0.257 e. The van der Waals surface area contributed by atoms with Crippen molar-refractivity contribution < 1.29 is 4.79 Å². The Hall–Kier alpha value is -3.93. The van der Waals surface area contributed by atoms with Crippen molar-refractivity contribution in [1.29, 1.82) is 0 Å².